The fraction of sp³-hybridized carbons (Fsp3) is 0.286. The molecule has 4 aromatic rings. The van der Waals surface area contributed by atoms with Crippen LogP contribution in [0.25, 0.3) is 22.6 Å². The normalized spacial score (nSPS) is 10.9. The van der Waals surface area contributed by atoms with Crippen LogP contribution in [0.2, 0.25) is 0 Å². The maximum Gasteiger partial charge on any atom is 0.162 e. The van der Waals surface area contributed by atoms with Gasteiger partial charge in [0.15, 0.2) is 5.82 Å². The molecule has 9 heteroatoms. The SMILES string of the molecule is CNCCNCc1cccc(-c2nc(Nc3ccc(NC)c(C=N)c3)c(C)c(-c3c(C)noc3C)n2)c1. The number of anilines is 3. The maximum absolute atomic E-state index is 7.78. The third-order valence-electron chi connectivity index (χ3n) is 6.22. The molecule has 37 heavy (non-hydrogen) atoms. The molecule has 0 atom stereocenters. The summed E-state index contributed by atoms with van der Waals surface area (Å²) in [5, 5.41) is 25.1. The summed E-state index contributed by atoms with van der Waals surface area (Å²) in [5.74, 6) is 2.01. The van der Waals surface area contributed by atoms with Gasteiger partial charge in [-0.1, -0.05) is 23.4 Å². The summed E-state index contributed by atoms with van der Waals surface area (Å²) >= 11 is 0. The summed E-state index contributed by atoms with van der Waals surface area (Å²) in [7, 11) is 3.79. The highest BCUT2D eigenvalue weighted by atomic mass is 16.5. The van der Waals surface area contributed by atoms with E-state index in [9.17, 15) is 0 Å². The molecule has 0 radical (unpaired) electrons. The minimum Gasteiger partial charge on any atom is -0.388 e. The predicted molar refractivity (Wildman–Crippen MR) is 150 cm³/mol. The average Bonchev–Trinajstić information content (AvgIpc) is 3.25. The number of likely N-dealkylation sites (N-methyl/N-ethyl adjacent to an activating group) is 1. The van der Waals surface area contributed by atoms with Crippen molar-refractivity contribution in [1.29, 1.82) is 5.41 Å². The van der Waals surface area contributed by atoms with E-state index in [1.54, 1.807) is 0 Å². The lowest BCUT2D eigenvalue weighted by Gasteiger charge is -2.16. The molecule has 2 heterocycles. The van der Waals surface area contributed by atoms with Gasteiger partial charge in [0.1, 0.15) is 11.6 Å². The van der Waals surface area contributed by atoms with Gasteiger partial charge >= 0.3 is 0 Å². The lowest BCUT2D eigenvalue weighted by molar-refractivity contribution is 0.393. The Kier molecular flexibility index (Phi) is 8.27. The summed E-state index contributed by atoms with van der Waals surface area (Å²) in [6.45, 7) is 8.36. The first-order valence-electron chi connectivity index (χ1n) is 12.3. The van der Waals surface area contributed by atoms with Gasteiger partial charge in [0.05, 0.1) is 17.0 Å². The van der Waals surface area contributed by atoms with Gasteiger partial charge in [-0.25, -0.2) is 9.97 Å². The number of aromatic nitrogens is 3. The zero-order valence-electron chi connectivity index (χ0n) is 22.0. The highest BCUT2D eigenvalue weighted by Crippen LogP contribution is 2.34. The lowest BCUT2D eigenvalue weighted by Crippen LogP contribution is -2.24. The molecule has 4 rings (SSSR count). The first-order chi connectivity index (χ1) is 17.9. The maximum atomic E-state index is 7.78. The fourth-order valence-corrected chi connectivity index (χ4v) is 4.22. The molecule has 0 aliphatic rings. The second kappa shape index (κ2) is 11.8. The van der Waals surface area contributed by atoms with Crippen LogP contribution in [0.5, 0.6) is 0 Å². The van der Waals surface area contributed by atoms with Crippen LogP contribution in [-0.2, 0) is 6.54 Å². The largest absolute Gasteiger partial charge is 0.388 e. The molecule has 2 aromatic carbocycles. The van der Waals surface area contributed by atoms with Gasteiger partial charge in [-0.2, -0.15) is 0 Å². The van der Waals surface area contributed by atoms with Gasteiger partial charge in [0.2, 0.25) is 0 Å². The Morgan fingerprint density at radius 3 is 2.54 bits per heavy atom. The molecule has 0 bridgehead atoms. The van der Waals surface area contributed by atoms with Crippen molar-refractivity contribution in [1.82, 2.24) is 25.8 Å². The minimum absolute atomic E-state index is 0.610. The Morgan fingerprint density at radius 2 is 1.84 bits per heavy atom. The molecule has 0 aliphatic heterocycles. The number of aryl methyl sites for hydroxylation is 2. The molecule has 0 fully saturated rings. The van der Waals surface area contributed by atoms with Crippen LogP contribution >= 0.6 is 0 Å². The fourth-order valence-electron chi connectivity index (χ4n) is 4.22. The number of rotatable bonds is 11. The monoisotopic (exact) mass is 498 g/mol. The Bertz CT molecular complexity index is 1380. The van der Waals surface area contributed by atoms with Crippen LogP contribution in [0.15, 0.2) is 47.0 Å². The molecule has 0 spiro atoms. The van der Waals surface area contributed by atoms with E-state index in [2.05, 4.69) is 38.6 Å². The molecule has 0 unspecified atom stereocenters. The zero-order valence-corrected chi connectivity index (χ0v) is 22.0. The van der Waals surface area contributed by atoms with Crippen LogP contribution in [0.3, 0.4) is 0 Å². The number of benzene rings is 2. The van der Waals surface area contributed by atoms with Gasteiger partial charge in [-0.05, 0) is 57.6 Å². The van der Waals surface area contributed by atoms with Gasteiger partial charge in [-0.15, -0.1) is 0 Å². The lowest BCUT2D eigenvalue weighted by atomic mass is 10.0. The first kappa shape index (κ1) is 26.0. The van der Waals surface area contributed by atoms with Crippen molar-refractivity contribution >= 4 is 23.4 Å². The second-order valence-electron chi connectivity index (χ2n) is 8.87. The van der Waals surface area contributed by atoms with Gasteiger partial charge in [0, 0.05) is 61.0 Å². The minimum atomic E-state index is 0.610. The van der Waals surface area contributed by atoms with E-state index in [1.807, 2.05) is 65.2 Å². The number of hydrogen-bond donors (Lipinski definition) is 5. The molecule has 0 amide bonds. The molecule has 192 valence electrons. The number of hydrogen-bond acceptors (Lipinski definition) is 9. The highest BCUT2D eigenvalue weighted by Gasteiger charge is 2.20. The van der Waals surface area contributed by atoms with Crippen LogP contribution in [0.4, 0.5) is 17.2 Å². The zero-order chi connectivity index (χ0) is 26.4. The van der Waals surface area contributed by atoms with Crippen molar-refractivity contribution in [2.24, 2.45) is 0 Å². The Balaban J connectivity index is 1.78. The molecular weight excluding hydrogens is 464 g/mol. The van der Waals surface area contributed by atoms with Crippen LogP contribution in [0.1, 0.15) is 28.1 Å². The van der Waals surface area contributed by atoms with E-state index in [4.69, 9.17) is 19.9 Å². The van der Waals surface area contributed by atoms with Crippen LogP contribution in [-0.4, -0.2) is 48.5 Å². The van der Waals surface area contributed by atoms with E-state index in [0.717, 1.165) is 70.2 Å². The number of nitrogens with zero attached hydrogens (tertiary/aromatic N) is 3. The molecule has 0 aliphatic carbocycles. The summed E-state index contributed by atoms with van der Waals surface area (Å²) in [5.41, 5.74) is 7.90. The predicted octanol–water partition coefficient (Wildman–Crippen LogP) is 4.82. The van der Waals surface area contributed by atoms with Gasteiger partial charge in [-0.3, -0.25) is 0 Å². The second-order valence-corrected chi connectivity index (χ2v) is 8.87. The van der Waals surface area contributed by atoms with E-state index in [-0.39, 0.29) is 0 Å². The topological polar surface area (TPSA) is 124 Å². The van der Waals surface area contributed by atoms with Crippen LogP contribution < -0.4 is 21.3 Å². The van der Waals surface area contributed by atoms with E-state index in [0.29, 0.717) is 17.4 Å². The highest BCUT2D eigenvalue weighted by molar-refractivity contribution is 5.88. The quantitative estimate of drug-likeness (QED) is 0.147. The van der Waals surface area contributed by atoms with Crippen molar-refractivity contribution in [3.63, 3.8) is 0 Å². The van der Waals surface area contributed by atoms with Crippen molar-refractivity contribution < 1.29 is 4.52 Å². The van der Waals surface area contributed by atoms with E-state index >= 15 is 0 Å². The Morgan fingerprint density at radius 1 is 1.00 bits per heavy atom. The standard InChI is InChI=1S/C28H34N8O/c1-17-26(25-18(2)36-37-19(25)3)34-28(21-8-6-7-20(13-21)16-32-12-11-30-4)35-27(17)33-23-9-10-24(31-5)22(14-23)15-29/h6-10,13-15,29-32H,11-12,16H2,1-5H3,(H,33,34,35). The van der Waals surface area contributed by atoms with Gasteiger partial charge < -0.3 is 31.2 Å². The molecule has 5 N–H and O–H groups in total. The summed E-state index contributed by atoms with van der Waals surface area (Å²) < 4.78 is 5.47. The molecule has 0 saturated carbocycles. The van der Waals surface area contributed by atoms with Crippen molar-refractivity contribution in [3.05, 3.63) is 70.6 Å². The third-order valence-corrected chi connectivity index (χ3v) is 6.22. The molecular formula is C28H34N8O. The van der Waals surface area contributed by atoms with Crippen molar-refractivity contribution in [2.75, 3.05) is 37.8 Å². The smallest absolute Gasteiger partial charge is 0.162 e. The molecule has 9 nitrogen and oxygen atoms in total. The number of nitrogens with one attached hydrogen (secondary N) is 5. The summed E-state index contributed by atoms with van der Waals surface area (Å²) in [6, 6.07) is 14.1. The first-order valence-corrected chi connectivity index (χ1v) is 12.3. The summed E-state index contributed by atoms with van der Waals surface area (Å²) in [4.78, 5) is 9.93. The van der Waals surface area contributed by atoms with Crippen LogP contribution in [0, 0.1) is 26.2 Å². The summed E-state index contributed by atoms with van der Waals surface area (Å²) in [6.07, 6.45) is 1.33. The van der Waals surface area contributed by atoms with Gasteiger partial charge in [0.25, 0.3) is 0 Å². The Hall–Kier alpha value is -4.08. The van der Waals surface area contributed by atoms with E-state index < -0.39 is 0 Å². The van der Waals surface area contributed by atoms with E-state index in [1.165, 1.54) is 6.21 Å². The molecule has 2 aromatic heterocycles. The molecule has 0 saturated heterocycles. The van der Waals surface area contributed by atoms with Crippen molar-refractivity contribution in [3.8, 4) is 22.6 Å². The van der Waals surface area contributed by atoms with Crippen molar-refractivity contribution in [2.45, 2.75) is 27.3 Å². The average molecular weight is 499 g/mol. The third kappa shape index (κ3) is 5.84. The Labute approximate surface area is 217 Å².